The quantitative estimate of drug-likeness (QED) is 0.522. The smallest absolute Gasteiger partial charge is 0.232 e. The van der Waals surface area contributed by atoms with Crippen LogP contribution in [0.3, 0.4) is 0 Å². The molecule has 3 aromatic rings. The van der Waals surface area contributed by atoms with E-state index in [2.05, 4.69) is 35.8 Å². The molecule has 0 radical (unpaired) electrons. The van der Waals surface area contributed by atoms with Crippen molar-refractivity contribution in [1.29, 1.82) is 0 Å². The molecule has 2 aromatic heterocycles. The normalized spacial score (nSPS) is 12.6. The van der Waals surface area contributed by atoms with Crippen molar-refractivity contribution in [1.82, 2.24) is 19.5 Å². The lowest BCUT2D eigenvalue weighted by Crippen LogP contribution is -2.25. The average Bonchev–Trinajstić information content (AvgIpc) is 3.09. The van der Waals surface area contributed by atoms with Gasteiger partial charge in [0.15, 0.2) is 5.65 Å². The van der Waals surface area contributed by atoms with Gasteiger partial charge >= 0.3 is 0 Å². The average molecular weight is 387 g/mol. The summed E-state index contributed by atoms with van der Waals surface area (Å²) >= 11 is 5.99. The summed E-state index contributed by atoms with van der Waals surface area (Å²) in [6.45, 7) is 9.80. The van der Waals surface area contributed by atoms with Crippen molar-refractivity contribution in [3.8, 4) is 17.1 Å². The van der Waals surface area contributed by atoms with Crippen LogP contribution in [0, 0.1) is 0 Å². The van der Waals surface area contributed by atoms with Crippen molar-refractivity contribution in [2.24, 2.45) is 0 Å². The molecular weight excluding hydrogens is 360 g/mol. The van der Waals surface area contributed by atoms with Crippen molar-refractivity contribution in [3.05, 3.63) is 47.6 Å². The second kappa shape index (κ2) is 9.20. The van der Waals surface area contributed by atoms with Crippen LogP contribution >= 0.6 is 11.6 Å². The molecule has 0 saturated carbocycles. The first kappa shape index (κ1) is 19.6. The summed E-state index contributed by atoms with van der Waals surface area (Å²) in [6, 6.07) is 11.5. The Balaban J connectivity index is 1.69. The van der Waals surface area contributed by atoms with E-state index >= 15 is 0 Å². The van der Waals surface area contributed by atoms with Gasteiger partial charge in [-0.1, -0.05) is 37.6 Å². The molecule has 1 unspecified atom stereocenters. The molecule has 0 fully saturated rings. The van der Waals surface area contributed by atoms with Gasteiger partial charge in [-0.05, 0) is 57.6 Å². The fraction of sp³-hybridized carbons (Fsp3) is 0.429. The number of ether oxygens (including phenoxy) is 1. The van der Waals surface area contributed by atoms with Gasteiger partial charge in [-0.15, -0.1) is 5.10 Å². The van der Waals surface area contributed by atoms with Gasteiger partial charge in [-0.25, -0.2) is 9.50 Å². The van der Waals surface area contributed by atoms with E-state index in [9.17, 15) is 0 Å². The zero-order valence-electron chi connectivity index (χ0n) is 16.2. The Hall–Kier alpha value is -2.11. The van der Waals surface area contributed by atoms with Crippen LogP contribution in [0.15, 0.2) is 42.6 Å². The summed E-state index contributed by atoms with van der Waals surface area (Å²) in [5.74, 6) is 0.617. The van der Waals surface area contributed by atoms with Crippen LogP contribution in [-0.4, -0.2) is 45.2 Å². The number of hydrogen-bond donors (Lipinski definition) is 0. The molecule has 6 heteroatoms. The molecule has 0 aliphatic rings. The Morgan fingerprint density at radius 2 is 1.85 bits per heavy atom. The molecule has 0 saturated heterocycles. The van der Waals surface area contributed by atoms with Gasteiger partial charge in [-0.3, -0.25) is 0 Å². The van der Waals surface area contributed by atoms with Crippen LogP contribution in [0.1, 0.15) is 33.6 Å². The molecule has 5 nitrogen and oxygen atoms in total. The molecule has 144 valence electrons. The Morgan fingerprint density at radius 3 is 2.56 bits per heavy atom. The number of fused-ring (bicyclic) bond motifs is 1. The number of nitrogens with zero attached hydrogens (tertiary/aromatic N) is 4. The molecular formula is C21H27ClN4O. The van der Waals surface area contributed by atoms with E-state index in [0.29, 0.717) is 10.9 Å². The first-order chi connectivity index (χ1) is 13.1. The summed E-state index contributed by atoms with van der Waals surface area (Å²) < 4.78 is 7.87. The molecule has 0 amide bonds. The lowest BCUT2D eigenvalue weighted by atomic mass is 10.2. The van der Waals surface area contributed by atoms with Gasteiger partial charge in [0.2, 0.25) is 5.88 Å². The van der Waals surface area contributed by atoms with Crippen molar-refractivity contribution in [3.63, 3.8) is 0 Å². The number of benzene rings is 1. The third-order valence-corrected chi connectivity index (χ3v) is 5.03. The molecule has 0 aliphatic heterocycles. The van der Waals surface area contributed by atoms with E-state index in [0.717, 1.165) is 49.4 Å². The minimum atomic E-state index is 0.119. The highest BCUT2D eigenvalue weighted by atomic mass is 35.5. The van der Waals surface area contributed by atoms with Crippen molar-refractivity contribution in [2.75, 3.05) is 19.6 Å². The Labute approximate surface area is 165 Å². The fourth-order valence-electron chi connectivity index (χ4n) is 3.14. The SMILES string of the molecule is CCN(CC)CCCC(C)Oc1ccc2ncc(-c3ccc(Cl)cc3)n2n1. The second-order valence-electron chi connectivity index (χ2n) is 6.69. The maximum Gasteiger partial charge on any atom is 0.232 e. The molecule has 2 heterocycles. The van der Waals surface area contributed by atoms with E-state index in [1.807, 2.05) is 47.1 Å². The van der Waals surface area contributed by atoms with Crippen LogP contribution in [0.25, 0.3) is 16.9 Å². The first-order valence-corrected chi connectivity index (χ1v) is 9.98. The summed E-state index contributed by atoms with van der Waals surface area (Å²) in [7, 11) is 0. The highest BCUT2D eigenvalue weighted by Gasteiger charge is 2.11. The lowest BCUT2D eigenvalue weighted by molar-refractivity contribution is 0.186. The second-order valence-corrected chi connectivity index (χ2v) is 7.13. The zero-order chi connectivity index (χ0) is 19.2. The molecule has 0 aliphatic carbocycles. The van der Waals surface area contributed by atoms with Gasteiger partial charge in [0.1, 0.15) is 0 Å². The highest BCUT2D eigenvalue weighted by molar-refractivity contribution is 6.30. The van der Waals surface area contributed by atoms with Gasteiger partial charge < -0.3 is 9.64 Å². The molecule has 0 N–H and O–H groups in total. The van der Waals surface area contributed by atoms with Crippen LogP contribution < -0.4 is 4.74 Å². The molecule has 3 rings (SSSR count). The summed E-state index contributed by atoms with van der Waals surface area (Å²) in [5, 5.41) is 5.35. The van der Waals surface area contributed by atoms with Crippen LogP contribution in [0.2, 0.25) is 5.02 Å². The third-order valence-electron chi connectivity index (χ3n) is 4.78. The van der Waals surface area contributed by atoms with E-state index in [1.54, 1.807) is 0 Å². The first-order valence-electron chi connectivity index (χ1n) is 9.60. The molecule has 1 aromatic carbocycles. The van der Waals surface area contributed by atoms with Gasteiger partial charge in [0.05, 0.1) is 18.0 Å². The summed E-state index contributed by atoms with van der Waals surface area (Å²) in [5.41, 5.74) is 2.73. The number of rotatable bonds is 9. The van der Waals surface area contributed by atoms with Gasteiger partial charge in [0.25, 0.3) is 0 Å². The largest absolute Gasteiger partial charge is 0.474 e. The summed E-state index contributed by atoms with van der Waals surface area (Å²) in [6.07, 6.45) is 4.06. The Bertz CT molecular complexity index is 858. The van der Waals surface area contributed by atoms with Crippen LogP contribution in [-0.2, 0) is 0 Å². The predicted molar refractivity (Wildman–Crippen MR) is 111 cm³/mol. The minimum absolute atomic E-state index is 0.119. The minimum Gasteiger partial charge on any atom is -0.474 e. The maximum atomic E-state index is 6.05. The number of halogens is 1. The lowest BCUT2D eigenvalue weighted by Gasteiger charge is -2.19. The molecule has 0 spiro atoms. The van der Waals surface area contributed by atoms with E-state index in [-0.39, 0.29) is 6.10 Å². The predicted octanol–water partition coefficient (Wildman–Crippen LogP) is 4.94. The van der Waals surface area contributed by atoms with E-state index < -0.39 is 0 Å². The molecule has 27 heavy (non-hydrogen) atoms. The van der Waals surface area contributed by atoms with Gasteiger partial charge in [0, 0.05) is 16.7 Å². The van der Waals surface area contributed by atoms with Crippen LogP contribution in [0.4, 0.5) is 0 Å². The van der Waals surface area contributed by atoms with Crippen molar-refractivity contribution in [2.45, 2.75) is 39.7 Å². The fourth-order valence-corrected chi connectivity index (χ4v) is 3.27. The Morgan fingerprint density at radius 1 is 1.11 bits per heavy atom. The van der Waals surface area contributed by atoms with Crippen LogP contribution in [0.5, 0.6) is 5.88 Å². The Kier molecular flexibility index (Phi) is 6.69. The van der Waals surface area contributed by atoms with Crippen molar-refractivity contribution < 1.29 is 4.74 Å². The standard InChI is InChI=1S/C21H27ClN4O/c1-4-25(5-2)14-6-7-16(3)27-21-13-12-20-23-15-19(26(20)24-21)17-8-10-18(22)11-9-17/h8-13,15-16H,4-7,14H2,1-3H3. The van der Waals surface area contributed by atoms with E-state index in [4.69, 9.17) is 16.3 Å². The highest BCUT2D eigenvalue weighted by Crippen LogP contribution is 2.23. The third kappa shape index (κ3) is 4.99. The number of aromatic nitrogens is 3. The topological polar surface area (TPSA) is 42.7 Å². The number of hydrogen-bond acceptors (Lipinski definition) is 4. The monoisotopic (exact) mass is 386 g/mol. The van der Waals surface area contributed by atoms with E-state index in [1.165, 1.54) is 0 Å². The molecule has 0 bridgehead atoms. The maximum absolute atomic E-state index is 6.05. The van der Waals surface area contributed by atoms with Gasteiger partial charge in [-0.2, -0.15) is 0 Å². The van der Waals surface area contributed by atoms with Crippen molar-refractivity contribution >= 4 is 17.2 Å². The number of imidazole rings is 1. The molecule has 1 atom stereocenters. The summed E-state index contributed by atoms with van der Waals surface area (Å²) in [4.78, 5) is 6.86. The zero-order valence-corrected chi connectivity index (χ0v) is 17.0.